The van der Waals surface area contributed by atoms with E-state index in [0.717, 1.165) is 12.1 Å². The van der Waals surface area contributed by atoms with Gasteiger partial charge < -0.3 is 4.98 Å². The van der Waals surface area contributed by atoms with Crippen molar-refractivity contribution in [1.29, 1.82) is 0 Å². The topological polar surface area (TPSA) is 15.8 Å². The summed E-state index contributed by atoms with van der Waals surface area (Å²) in [4.78, 5) is 2.79. The van der Waals surface area contributed by atoms with E-state index in [4.69, 9.17) is 0 Å². The normalized spacial score (nSPS) is 10.3. The van der Waals surface area contributed by atoms with Crippen LogP contribution in [0.3, 0.4) is 0 Å². The van der Waals surface area contributed by atoms with Gasteiger partial charge in [-0.2, -0.15) is 0 Å². The first-order chi connectivity index (χ1) is 6.27. The number of halogens is 2. The number of benzene rings is 1. The third-order valence-corrected chi connectivity index (χ3v) is 1.84. The predicted octanol–water partition coefficient (Wildman–Crippen LogP) is 2.96. The minimum absolute atomic E-state index is 0.279. The van der Waals surface area contributed by atoms with Crippen LogP contribution in [0, 0.1) is 11.6 Å². The molecule has 1 nitrogen and oxygen atoms in total. The maximum Gasteiger partial charge on any atom is 0.131 e. The molecule has 3 heteroatoms. The Bertz CT molecular complexity index is 407. The summed E-state index contributed by atoms with van der Waals surface area (Å²) in [5.41, 5.74) is 0.929. The Morgan fingerprint density at radius 2 is 1.92 bits per heavy atom. The maximum absolute atomic E-state index is 13.2. The van der Waals surface area contributed by atoms with Gasteiger partial charge in [0.15, 0.2) is 0 Å². The van der Waals surface area contributed by atoms with E-state index < -0.39 is 11.6 Å². The van der Waals surface area contributed by atoms with Crippen LogP contribution in [0.4, 0.5) is 8.78 Å². The fraction of sp³-hybridized carbons (Fsp3) is 0. The molecule has 0 aliphatic rings. The second kappa shape index (κ2) is 3.01. The molecule has 66 valence electrons. The van der Waals surface area contributed by atoms with Crippen molar-refractivity contribution < 1.29 is 8.78 Å². The highest BCUT2D eigenvalue weighted by Gasteiger charge is 2.05. The standard InChI is InChI=1S/C10H7F2N/c11-8-1-2-10(12)9(5-8)7-3-4-13-6-7/h1-6,13H. The molecule has 0 fully saturated rings. The maximum atomic E-state index is 13.2. The third-order valence-electron chi connectivity index (χ3n) is 1.84. The van der Waals surface area contributed by atoms with Gasteiger partial charge in [-0.3, -0.25) is 0 Å². The summed E-state index contributed by atoms with van der Waals surface area (Å²) < 4.78 is 25.9. The van der Waals surface area contributed by atoms with Crippen LogP contribution in [-0.2, 0) is 0 Å². The molecule has 0 unspecified atom stereocenters. The minimum atomic E-state index is -0.433. The molecule has 1 aromatic carbocycles. The number of rotatable bonds is 1. The summed E-state index contributed by atoms with van der Waals surface area (Å²) in [6, 6.07) is 5.10. The van der Waals surface area contributed by atoms with Crippen LogP contribution < -0.4 is 0 Å². The fourth-order valence-corrected chi connectivity index (χ4v) is 1.21. The average molecular weight is 179 g/mol. The molecule has 0 bridgehead atoms. The molecule has 2 rings (SSSR count). The van der Waals surface area contributed by atoms with Crippen LogP contribution in [-0.4, -0.2) is 4.98 Å². The SMILES string of the molecule is Fc1ccc(F)c(-c2cc[nH]c2)c1. The molecule has 13 heavy (non-hydrogen) atoms. The van der Waals surface area contributed by atoms with E-state index >= 15 is 0 Å². The van der Waals surface area contributed by atoms with Gasteiger partial charge in [0, 0.05) is 23.5 Å². The first kappa shape index (κ1) is 7.98. The highest BCUT2D eigenvalue weighted by molar-refractivity contribution is 5.63. The molecule has 0 atom stereocenters. The average Bonchev–Trinajstić information content (AvgIpc) is 2.61. The molecule has 0 saturated heterocycles. The highest BCUT2D eigenvalue weighted by Crippen LogP contribution is 2.22. The number of H-pyrrole nitrogens is 1. The van der Waals surface area contributed by atoms with Gasteiger partial charge >= 0.3 is 0 Å². The molecular formula is C10H7F2N. The van der Waals surface area contributed by atoms with Gasteiger partial charge in [0.25, 0.3) is 0 Å². The summed E-state index contributed by atoms with van der Waals surface area (Å²) in [6.07, 6.45) is 3.29. The number of hydrogen-bond acceptors (Lipinski definition) is 0. The first-order valence-corrected chi connectivity index (χ1v) is 3.85. The Morgan fingerprint density at radius 1 is 1.08 bits per heavy atom. The Balaban J connectivity index is 2.57. The predicted molar refractivity (Wildman–Crippen MR) is 46.1 cm³/mol. The van der Waals surface area contributed by atoms with Crippen LogP contribution >= 0.6 is 0 Å². The smallest absolute Gasteiger partial charge is 0.131 e. The number of nitrogens with one attached hydrogen (secondary N) is 1. The van der Waals surface area contributed by atoms with Gasteiger partial charge in [0.2, 0.25) is 0 Å². The first-order valence-electron chi connectivity index (χ1n) is 3.85. The van der Waals surface area contributed by atoms with Crippen molar-refractivity contribution in [3.05, 3.63) is 48.3 Å². The van der Waals surface area contributed by atoms with Crippen LogP contribution in [0.25, 0.3) is 11.1 Å². The summed E-state index contributed by atoms with van der Waals surface area (Å²) in [7, 11) is 0. The Hall–Kier alpha value is -1.64. The molecule has 0 radical (unpaired) electrons. The van der Waals surface area contributed by atoms with Crippen molar-refractivity contribution in [2.45, 2.75) is 0 Å². The lowest BCUT2D eigenvalue weighted by Gasteiger charge is -1.99. The van der Waals surface area contributed by atoms with Crippen molar-refractivity contribution >= 4 is 0 Å². The molecule has 2 aromatic rings. The minimum Gasteiger partial charge on any atom is -0.367 e. The van der Waals surface area contributed by atoms with Crippen molar-refractivity contribution in [2.75, 3.05) is 0 Å². The van der Waals surface area contributed by atoms with E-state index in [9.17, 15) is 8.78 Å². The summed E-state index contributed by atoms with van der Waals surface area (Å²) in [5, 5.41) is 0. The van der Waals surface area contributed by atoms with Gasteiger partial charge in [-0.15, -0.1) is 0 Å². The van der Waals surface area contributed by atoms with Crippen LogP contribution in [0.2, 0.25) is 0 Å². The molecule has 0 aliphatic heterocycles. The summed E-state index contributed by atoms with van der Waals surface area (Å²) in [6.45, 7) is 0. The number of aromatic amines is 1. The molecule has 0 amide bonds. The van der Waals surface area contributed by atoms with Crippen molar-refractivity contribution in [3.8, 4) is 11.1 Å². The molecule has 1 N–H and O–H groups in total. The molecule has 0 saturated carbocycles. The van der Waals surface area contributed by atoms with Crippen molar-refractivity contribution in [1.82, 2.24) is 4.98 Å². The van der Waals surface area contributed by atoms with E-state index in [-0.39, 0.29) is 5.56 Å². The Kier molecular flexibility index (Phi) is 1.85. The summed E-state index contributed by atoms with van der Waals surface area (Å²) >= 11 is 0. The van der Waals surface area contributed by atoms with Crippen LogP contribution in [0.1, 0.15) is 0 Å². The van der Waals surface area contributed by atoms with E-state index in [1.807, 2.05) is 0 Å². The van der Waals surface area contributed by atoms with Gasteiger partial charge in [-0.25, -0.2) is 8.78 Å². The lowest BCUT2D eigenvalue weighted by molar-refractivity contribution is 0.603. The van der Waals surface area contributed by atoms with E-state index in [1.165, 1.54) is 6.07 Å². The Morgan fingerprint density at radius 3 is 2.62 bits per heavy atom. The lowest BCUT2D eigenvalue weighted by atomic mass is 10.1. The zero-order chi connectivity index (χ0) is 9.26. The van der Waals surface area contributed by atoms with Gasteiger partial charge in [-0.05, 0) is 24.3 Å². The molecule has 0 aliphatic carbocycles. The fourth-order valence-electron chi connectivity index (χ4n) is 1.21. The molecule has 1 heterocycles. The van der Waals surface area contributed by atoms with Gasteiger partial charge in [0.05, 0.1) is 0 Å². The zero-order valence-electron chi connectivity index (χ0n) is 6.72. The summed E-state index contributed by atoms with van der Waals surface area (Å²) in [5.74, 6) is -0.849. The number of aromatic nitrogens is 1. The second-order valence-corrected chi connectivity index (χ2v) is 2.72. The zero-order valence-corrected chi connectivity index (χ0v) is 6.72. The lowest BCUT2D eigenvalue weighted by Crippen LogP contribution is -1.83. The van der Waals surface area contributed by atoms with E-state index in [1.54, 1.807) is 18.5 Å². The molecular weight excluding hydrogens is 172 g/mol. The largest absolute Gasteiger partial charge is 0.367 e. The van der Waals surface area contributed by atoms with Crippen molar-refractivity contribution in [3.63, 3.8) is 0 Å². The quantitative estimate of drug-likeness (QED) is 0.692. The van der Waals surface area contributed by atoms with Gasteiger partial charge in [-0.1, -0.05) is 0 Å². The van der Waals surface area contributed by atoms with E-state index in [2.05, 4.69) is 4.98 Å². The van der Waals surface area contributed by atoms with Crippen LogP contribution in [0.15, 0.2) is 36.7 Å². The van der Waals surface area contributed by atoms with Crippen LogP contribution in [0.5, 0.6) is 0 Å². The Labute approximate surface area is 74.0 Å². The number of hydrogen-bond donors (Lipinski definition) is 1. The molecule has 0 spiro atoms. The van der Waals surface area contributed by atoms with E-state index in [0.29, 0.717) is 5.56 Å². The second-order valence-electron chi connectivity index (χ2n) is 2.72. The van der Waals surface area contributed by atoms with Crippen molar-refractivity contribution in [2.24, 2.45) is 0 Å². The van der Waals surface area contributed by atoms with Gasteiger partial charge in [0.1, 0.15) is 11.6 Å². The highest BCUT2D eigenvalue weighted by atomic mass is 19.1. The monoisotopic (exact) mass is 179 g/mol. The third kappa shape index (κ3) is 1.45. The molecule has 1 aromatic heterocycles.